The molecule has 0 radical (unpaired) electrons. The van der Waals surface area contributed by atoms with Crippen LogP contribution < -0.4 is 0 Å². The number of morpholine rings is 1. The number of hydrogen-bond acceptors (Lipinski definition) is 3. The van der Waals surface area contributed by atoms with Crippen molar-refractivity contribution in [3.8, 4) is 0 Å². The molecule has 1 saturated heterocycles. The maximum Gasteiger partial charge on any atom is 0.326 e. The van der Waals surface area contributed by atoms with Gasteiger partial charge in [0.1, 0.15) is 18.8 Å². The van der Waals surface area contributed by atoms with Crippen LogP contribution in [0.1, 0.15) is 43.5 Å². The summed E-state index contributed by atoms with van der Waals surface area (Å²) in [5, 5.41) is 11.1. The summed E-state index contributed by atoms with van der Waals surface area (Å²) >= 11 is 12.1. The molecule has 2 aromatic rings. The SMILES string of the molecule is CC(C)C[C@@H](C(=O)O)N1C(=O)CO[C@@H](c2ccc(Cl)cc2)[C@H]1c1ccc(Cl)cc1. The molecule has 3 atom stereocenters. The number of halogens is 2. The van der Waals surface area contributed by atoms with Crippen molar-refractivity contribution >= 4 is 35.1 Å². The molecule has 1 aliphatic heterocycles. The minimum Gasteiger partial charge on any atom is -0.480 e. The molecule has 0 spiro atoms. The zero-order valence-electron chi connectivity index (χ0n) is 16.2. The van der Waals surface area contributed by atoms with Crippen LogP contribution in [0.25, 0.3) is 0 Å². The van der Waals surface area contributed by atoms with Gasteiger partial charge in [-0.25, -0.2) is 4.79 Å². The van der Waals surface area contributed by atoms with E-state index in [0.29, 0.717) is 16.5 Å². The Hall–Kier alpha value is -2.08. The molecule has 1 fully saturated rings. The summed E-state index contributed by atoms with van der Waals surface area (Å²) in [6.45, 7) is 3.70. The summed E-state index contributed by atoms with van der Waals surface area (Å²) in [5.41, 5.74) is 1.58. The Labute approximate surface area is 180 Å². The van der Waals surface area contributed by atoms with E-state index < -0.39 is 24.2 Å². The van der Waals surface area contributed by atoms with Crippen molar-refractivity contribution in [1.82, 2.24) is 4.90 Å². The number of carboxylic acid groups (broad SMARTS) is 1. The lowest BCUT2D eigenvalue weighted by Crippen LogP contribution is -2.53. The Morgan fingerprint density at radius 1 is 1.07 bits per heavy atom. The van der Waals surface area contributed by atoms with E-state index in [-0.39, 0.29) is 18.4 Å². The van der Waals surface area contributed by atoms with Gasteiger partial charge in [0.15, 0.2) is 0 Å². The lowest BCUT2D eigenvalue weighted by Gasteiger charge is -2.44. The number of carbonyl (C=O) groups excluding carboxylic acids is 1. The highest BCUT2D eigenvalue weighted by Gasteiger charge is 2.44. The molecule has 2 aromatic carbocycles. The quantitative estimate of drug-likeness (QED) is 0.682. The molecule has 1 N–H and O–H groups in total. The highest BCUT2D eigenvalue weighted by Crippen LogP contribution is 2.42. The zero-order valence-corrected chi connectivity index (χ0v) is 17.7. The Morgan fingerprint density at radius 2 is 1.59 bits per heavy atom. The second-order valence-corrected chi connectivity index (χ2v) is 8.44. The smallest absolute Gasteiger partial charge is 0.326 e. The minimum absolute atomic E-state index is 0.103. The third-order valence-electron chi connectivity index (χ3n) is 4.99. The van der Waals surface area contributed by atoms with E-state index in [1.165, 1.54) is 4.90 Å². The van der Waals surface area contributed by atoms with Gasteiger partial charge in [-0.3, -0.25) is 4.79 Å². The van der Waals surface area contributed by atoms with Crippen LogP contribution in [-0.2, 0) is 14.3 Å². The zero-order chi connectivity index (χ0) is 21.1. The minimum atomic E-state index is -1.03. The first kappa shape index (κ1) is 21.6. The number of carboxylic acids is 1. The van der Waals surface area contributed by atoms with Crippen molar-refractivity contribution in [3.63, 3.8) is 0 Å². The van der Waals surface area contributed by atoms with Crippen molar-refractivity contribution in [2.75, 3.05) is 6.61 Å². The Kier molecular flexibility index (Phi) is 6.83. The lowest BCUT2D eigenvalue weighted by atomic mass is 9.90. The van der Waals surface area contributed by atoms with Gasteiger partial charge in [-0.2, -0.15) is 0 Å². The summed E-state index contributed by atoms with van der Waals surface area (Å²) < 4.78 is 5.92. The van der Waals surface area contributed by atoms with E-state index in [9.17, 15) is 14.7 Å². The third kappa shape index (κ3) is 4.92. The van der Waals surface area contributed by atoms with Crippen LogP contribution in [-0.4, -0.2) is 34.5 Å². The Bertz CT molecular complexity index is 867. The average molecular weight is 436 g/mol. The van der Waals surface area contributed by atoms with Crippen LogP contribution in [0.5, 0.6) is 0 Å². The number of carbonyl (C=O) groups is 2. The topological polar surface area (TPSA) is 66.8 Å². The van der Waals surface area contributed by atoms with Gasteiger partial charge in [0.2, 0.25) is 5.91 Å². The summed E-state index contributed by atoms with van der Waals surface area (Å²) in [5.74, 6) is -1.27. The van der Waals surface area contributed by atoms with Gasteiger partial charge in [0.25, 0.3) is 0 Å². The fourth-order valence-electron chi connectivity index (χ4n) is 3.70. The van der Waals surface area contributed by atoms with Crippen molar-refractivity contribution in [1.29, 1.82) is 0 Å². The molecule has 0 saturated carbocycles. The predicted octanol–water partition coefficient (Wildman–Crippen LogP) is 5.13. The number of benzene rings is 2. The average Bonchev–Trinajstić information content (AvgIpc) is 2.67. The standard InChI is InChI=1S/C22H23Cl2NO4/c1-13(2)11-18(22(27)28)25-19(26)12-29-21(15-5-9-17(24)10-6-15)20(25)14-3-7-16(23)8-4-14/h3-10,13,18,20-21H,11-12H2,1-2H3,(H,27,28)/t18-,20+,21-/m0/s1. The fourth-order valence-corrected chi connectivity index (χ4v) is 3.95. The molecule has 154 valence electrons. The van der Waals surface area contributed by atoms with Gasteiger partial charge in [-0.15, -0.1) is 0 Å². The molecular weight excluding hydrogens is 413 g/mol. The van der Waals surface area contributed by atoms with E-state index in [2.05, 4.69) is 0 Å². The third-order valence-corrected chi connectivity index (χ3v) is 5.49. The number of hydrogen-bond donors (Lipinski definition) is 1. The molecule has 3 rings (SSSR count). The Balaban J connectivity index is 2.11. The molecule has 7 heteroatoms. The second-order valence-electron chi connectivity index (χ2n) is 7.56. The number of nitrogens with zero attached hydrogens (tertiary/aromatic N) is 1. The first-order valence-electron chi connectivity index (χ1n) is 9.44. The summed E-state index contributed by atoms with van der Waals surface area (Å²) in [6.07, 6.45) is -0.182. The molecule has 1 aliphatic rings. The van der Waals surface area contributed by atoms with Gasteiger partial charge in [0.05, 0.1) is 6.04 Å². The van der Waals surface area contributed by atoms with Crippen LogP contribution >= 0.6 is 23.2 Å². The van der Waals surface area contributed by atoms with Gasteiger partial charge in [0, 0.05) is 10.0 Å². The summed E-state index contributed by atoms with van der Waals surface area (Å²) in [4.78, 5) is 26.5. The number of amides is 1. The highest BCUT2D eigenvalue weighted by molar-refractivity contribution is 6.30. The van der Waals surface area contributed by atoms with Crippen LogP contribution in [0.3, 0.4) is 0 Å². The maximum absolute atomic E-state index is 12.9. The van der Waals surface area contributed by atoms with E-state index in [4.69, 9.17) is 27.9 Å². The number of aliphatic carboxylic acids is 1. The van der Waals surface area contributed by atoms with Gasteiger partial charge >= 0.3 is 5.97 Å². The molecule has 0 unspecified atom stereocenters. The first-order chi connectivity index (χ1) is 13.8. The van der Waals surface area contributed by atoms with Crippen LogP contribution in [0.2, 0.25) is 10.0 Å². The van der Waals surface area contributed by atoms with Crippen molar-refractivity contribution in [2.24, 2.45) is 5.92 Å². The monoisotopic (exact) mass is 435 g/mol. The molecule has 0 bridgehead atoms. The van der Waals surface area contributed by atoms with Crippen molar-refractivity contribution in [3.05, 3.63) is 69.7 Å². The normalized spacial score (nSPS) is 20.7. The van der Waals surface area contributed by atoms with Crippen molar-refractivity contribution < 1.29 is 19.4 Å². The fraction of sp³-hybridized carbons (Fsp3) is 0.364. The van der Waals surface area contributed by atoms with Crippen LogP contribution in [0.4, 0.5) is 0 Å². The van der Waals surface area contributed by atoms with Gasteiger partial charge in [-0.05, 0) is 47.7 Å². The van der Waals surface area contributed by atoms with E-state index >= 15 is 0 Å². The Morgan fingerprint density at radius 3 is 2.07 bits per heavy atom. The highest BCUT2D eigenvalue weighted by atomic mass is 35.5. The molecular formula is C22H23Cl2NO4. The summed E-state index contributed by atoms with van der Waals surface area (Å²) in [7, 11) is 0. The van der Waals surface area contributed by atoms with E-state index in [0.717, 1.165) is 11.1 Å². The number of rotatable bonds is 6. The van der Waals surface area contributed by atoms with Crippen LogP contribution in [0.15, 0.2) is 48.5 Å². The largest absolute Gasteiger partial charge is 0.480 e. The van der Waals surface area contributed by atoms with Crippen molar-refractivity contribution in [2.45, 2.75) is 38.5 Å². The van der Waals surface area contributed by atoms with Gasteiger partial charge < -0.3 is 14.7 Å². The molecule has 1 amide bonds. The lowest BCUT2D eigenvalue weighted by molar-refractivity contribution is -0.172. The maximum atomic E-state index is 12.9. The van der Waals surface area contributed by atoms with Crippen LogP contribution in [0, 0.1) is 5.92 Å². The van der Waals surface area contributed by atoms with E-state index in [1.807, 2.05) is 26.0 Å². The second kappa shape index (κ2) is 9.16. The molecule has 5 nitrogen and oxygen atoms in total. The van der Waals surface area contributed by atoms with Gasteiger partial charge in [-0.1, -0.05) is 61.3 Å². The molecule has 29 heavy (non-hydrogen) atoms. The number of ether oxygens (including phenoxy) is 1. The molecule has 1 heterocycles. The van der Waals surface area contributed by atoms with E-state index in [1.54, 1.807) is 36.4 Å². The predicted molar refractivity (Wildman–Crippen MR) is 112 cm³/mol. The molecule has 0 aliphatic carbocycles. The first-order valence-corrected chi connectivity index (χ1v) is 10.2. The summed E-state index contributed by atoms with van der Waals surface area (Å²) in [6, 6.07) is 12.7. The molecule has 0 aromatic heterocycles.